The fourth-order valence-corrected chi connectivity index (χ4v) is 2.50. The zero-order chi connectivity index (χ0) is 17.4. The second kappa shape index (κ2) is 9.03. The zero-order valence-corrected chi connectivity index (χ0v) is 14.0. The molecule has 5 heteroatoms. The number of nitrogens with two attached hydrogens (primary N) is 1. The van der Waals surface area contributed by atoms with Crippen LogP contribution in [0.15, 0.2) is 48.5 Å². The number of rotatable bonds is 8. The lowest BCUT2D eigenvalue weighted by atomic mass is 10.2. The summed E-state index contributed by atoms with van der Waals surface area (Å²) in [5.74, 6) is -0.565. The molecule has 0 heterocycles. The summed E-state index contributed by atoms with van der Waals surface area (Å²) >= 11 is 0. The quantitative estimate of drug-likeness (QED) is 0.727. The molecule has 0 bridgehead atoms. The fraction of sp³-hybridized carbons (Fsp3) is 0.316. The van der Waals surface area contributed by atoms with Crippen molar-refractivity contribution in [2.45, 2.75) is 26.3 Å². The first-order valence-corrected chi connectivity index (χ1v) is 8.19. The molecule has 0 spiro atoms. The Hall–Kier alpha value is -2.40. The van der Waals surface area contributed by atoms with Gasteiger partial charge in [-0.2, -0.15) is 0 Å². The summed E-state index contributed by atoms with van der Waals surface area (Å²) in [5, 5.41) is 2.75. The van der Waals surface area contributed by atoms with E-state index in [2.05, 4.69) is 29.3 Å². The van der Waals surface area contributed by atoms with Crippen LogP contribution >= 0.6 is 0 Å². The van der Waals surface area contributed by atoms with Gasteiger partial charge in [-0.1, -0.05) is 37.3 Å². The lowest BCUT2D eigenvalue weighted by Gasteiger charge is -2.20. The highest BCUT2D eigenvalue weighted by Gasteiger charge is 2.07. The van der Waals surface area contributed by atoms with Gasteiger partial charge in [0.1, 0.15) is 5.82 Å². The van der Waals surface area contributed by atoms with Crippen LogP contribution in [-0.4, -0.2) is 23.9 Å². The van der Waals surface area contributed by atoms with Crippen molar-refractivity contribution in [1.29, 1.82) is 0 Å². The van der Waals surface area contributed by atoms with Crippen molar-refractivity contribution in [3.8, 4) is 0 Å². The van der Waals surface area contributed by atoms with Gasteiger partial charge in [-0.3, -0.25) is 9.69 Å². The van der Waals surface area contributed by atoms with Crippen molar-refractivity contribution in [1.82, 2.24) is 4.90 Å². The largest absolute Gasteiger partial charge is 0.396 e. The van der Waals surface area contributed by atoms with E-state index in [1.165, 1.54) is 23.8 Å². The molecule has 0 aliphatic heterocycles. The van der Waals surface area contributed by atoms with Crippen LogP contribution in [0.4, 0.5) is 15.8 Å². The zero-order valence-electron chi connectivity index (χ0n) is 14.0. The van der Waals surface area contributed by atoms with Gasteiger partial charge in [0.15, 0.2) is 0 Å². The third kappa shape index (κ3) is 5.66. The molecule has 1 amide bonds. The second-order valence-corrected chi connectivity index (χ2v) is 5.74. The summed E-state index contributed by atoms with van der Waals surface area (Å²) in [7, 11) is 0. The van der Waals surface area contributed by atoms with Crippen LogP contribution in [0.2, 0.25) is 0 Å². The molecule has 24 heavy (non-hydrogen) atoms. The van der Waals surface area contributed by atoms with E-state index in [1.807, 2.05) is 18.2 Å². The van der Waals surface area contributed by atoms with Gasteiger partial charge in [-0.05, 0) is 43.3 Å². The number of nitrogen functional groups attached to an aromatic ring is 1. The third-order valence-corrected chi connectivity index (χ3v) is 3.85. The minimum Gasteiger partial charge on any atom is -0.396 e. The molecule has 128 valence electrons. The molecule has 2 aromatic rings. The number of amides is 1. The lowest BCUT2D eigenvalue weighted by Crippen LogP contribution is -2.25. The maximum atomic E-state index is 13.1. The maximum absolute atomic E-state index is 13.1. The minimum absolute atomic E-state index is 0.0350. The standard InChI is InChI=1S/C19H24FN3O/c1-2-23(14-15-7-4-3-5-8-15)12-6-9-19(24)22-16-10-11-17(20)18(21)13-16/h3-5,7-8,10-11,13H,2,6,9,12,14,21H2,1H3,(H,22,24). The summed E-state index contributed by atoms with van der Waals surface area (Å²) in [5.41, 5.74) is 7.32. The number of benzene rings is 2. The molecule has 0 saturated heterocycles. The van der Waals surface area contributed by atoms with Crippen molar-refractivity contribution >= 4 is 17.3 Å². The molecule has 2 aromatic carbocycles. The average Bonchev–Trinajstić information content (AvgIpc) is 2.58. The molecule has 0 saturated carbocycles. The summed E-state index contributed by atoms with van der Waals surface area (Å²) in [6, 6.07) is 14.5. The Morgan fingerprint density at radius 1 is 1.21 bits per heavy atom. The molecule has 0 aliphatic carbocycles. The normalized spacial score (nSPS) is 10.8. The van der Waals surface area contributed by atoms with Crippen molar-refractivity contribution in [2.24, 2.45) is 0 Å². The van der Waals surface area contributed by atoms with Gasteiger partial charge >= 0.3 is 0 Å². The van der Waals surface area contributed by atoms with E-state index in [0.717, 1.165) is 26.1 Å². The van der Waals surface area contributed by atoms with Gasteiger partial charge in [0.05, 0.1) is 5.69 Å². The summed E-state index contributed by atoms with van der Waals surface area (Å²) in [6.07, 6.45) is 1.19. The summed E-state index contributed by atoms with van der Waals surface area (Å²) in [4.78, 5) is 14.3. The predicted octanol–water partition coefficient (Wildman–Crippen LogP) is 3.65. The topological polar surface area (TPSA) is 58.4 Å². The Bertz CT molecular complexity index is 661. The lowest BCUT2D eigenvalue weighted by molar-refractivity contribution is -0.116. The minimum atomic E-state index is -0.479. The highest BCUT2D eigenvalue weighted by atomic mass is 19.1. The molecule has 0 atom stereocenters. The molecule has 4 nitrogen and oxygen atoms in total. The maximum Gasteiger partial charge on any atom is 0.224 e. The van der Waals surface area contributed by atoms with Crippen LogP contribution in [0.3, 0.4) is 0 Å². The third-order valence-electron chi connectivity index (χ3n) is 3.85. The number of hydrogen-bond donors (Lipinski definition) is 2. The first kappa shape index (κ1) is 17.9. The molecule has 0 aromatic heterocycles. The number of nitrogens with one attached hydrogen (secondary N) is 1. The Balaban J connectivity index is 1.75. The highest BCUT2D eigenvalue weighted by Crippen LogP contribution is 2.16. The van der Waals surface area contributed by atoms with Crippen LogP contribution in [0, 0.1) is 5.82 Å². The Morgan fingerprint density at radius 2 is 1.96 bits per heavy atom. The van der Waals surface area contributed by atoms with Crippen LogP contribution in [0.5, 0.6) is 0 Å². The molecule has 0 radical (unpaired) electrons. The van der Waals surface area contributed by atoms with E-state index in [4.69, 9.17) is 5.73 Å². The Morgan fingerprint density at radius 3 is 2.62 bits per heavy atom. The monoisotopic (exact) mass is 329 g/mol. The van der Waals surface area contributed by atoms with E-state index in [9.17, 15) is 9.18 Å². The van der Waals surface area contributed by atoms with E-state index >= 15 is 0 Å². The van der Waals surface area contributed by atoms with E-state index in [-0.39, 0.29) is 11.6 Å². The first-order valence-electron chi connectivity index (χ1n) is 8.19. The van der Waals surface area contributed by atoms with Gasteiger partial charge in [-0.15, -0.1) is 0 Å². The molecule has 3 N–H and O–H groups in total. The Kier molecular flexibility index (Phi) is 6.75. The van der Waals surface area contributed by atoms with Crippen molar-refractivity contribution in [2.75, 3.05) is 24.1 Å². The Labute approximate surface area is 142 Å². The van der Waals surface area contributed by atoms with E-state index in [0.29, 0.717) is 12.1 Å². The fourth-order valence-electron chi connectivity index (χ4n) is 2.50. The second-order valence-electron chi connectivity index (χ2n) is 5.74. The number of carbonyl (C=O) groups is 1. The number of hydrogen-bond acceptors (Lipinski definition) is 3. The number of nitrogens with zero attached hydrogens (tertiary/aromatic N) is 1. The van der Waals surface area contributed by atoms with Gasteiger partial charge in [0.25, 0.3) is 0 Å². The predicted molar refractivity (Wildman–Crippen MR) is 96.1 cm³/mol. The number of anilines is 2. The molecule has 2 rings (SSSR count). The number of carbonyl (C=O) groups excluding carboxylic acids is 1. The molecular formula is C19H24FN3O. The average molecular weight is 329 g/mol. The van der Waals surface area contributed by atoms with E-state index in [1.54, 1.807) is 0 Å². The summed E-state index contributed by atoms with van der Waals surface area (Å²) < 4.78 is 13.1. The SMILES string of the molecule is CCN(CCCC(=O)Nc1ccc(F)c(N)c1)Cc1ccccc1. The van der Waals surface area contributed by atoms with Crippen molar-refractivity contribution in [3.05, 3.63) is 59.9 Å². The van der Waals surface area contributed by atoms with Gasteiger partial charge in [0, 0.05) is 18.7 Å². The van der Waals surface area contributed by atoms with Crippen molar-refractivity contribution in [3.63, 3.8) is 0 Å². The molecule has 0 fully saturated rings. The van der Waals surface area contributed by atoms with Gasteiger partial charge < -0.3 is 11.1 Å². The molecule has 0 aliphatic rings. The highest BCUT2D eigenvalue weighted by molar-refractivity contribution is 5.91. The number of halogens is 1. The van der Waals surface area contributed by atoms with Gasteiger partial charge in [-0.25, -0.2) is 4.39 Å². The van der Waals surface area contributed by atoms with Crippen LogP contribution in [0.1, 0.15) is 25.3 Å². The molecule has 0 unspecified atom stereocenters. The first-order chi connectivity index (χ1) is 11.6. The van der Waals surface area contributed by atoms with Crippen LogP contribution in [0.25, 0.3) is 0 Å². The van der Waals surface area contributed by atoms with Crippen LogP contribution in [-0.2, 0) is 11.3 Å². The summed E-state index contributed by atoms with van der Waals surface area (Å²) in [6.45, 7) is 4.78. The van der Waals surface area contributed by atoms with Crippen LogP contribution < -0.4 is 11.1 Å². The van der Waals surface area contributed by atoms with E-state index < -0.39 is 5.82 Å². The van der Waals surface area contributed by atoms with Crippen molar-refractivity contribution < 1.29 is 9.18 Å². The smallest absolute Gasteiger partial charge is 0.224 e. The van der Waals surface area contributed by atoms with Gasteiger partial charge in [0.2, 0.25) is 5.91 Å². The molecular weight excluding hydrogens is 305 g/mol.